The minimum absolute atomic E-state index is 0.187. The molecule has 1 heterocycles. The van der Waals surface area contributed by atoms with E-state index in [-0.39, 0.29) is 10.8 Å². The SMILES string of the molecule is CC(C)(C)NS(=O)(=O)c1ccc2c(c1)CCCN2C(=O)c1ccc(F)cc1. The smallest absolute Gasteiger partial charge is 0.258 e. The topological polar surface area (TPSA) is 66.5 Å². The number of nitrogens with zero attached hydrogens (tertiary/aromatic N) is 1. The van der Waals surface area contributed by atoms with Crippen molar-refractivity contribution in [3.63, 3.8) is 0 Å². The highest BCUT2D eigenvalue weighted by Crippen LogP contribution is 2.31. The molecular formula is C20H23FN2O3S. The third kappa shape index (κ3) is 4.36. The van der Waals surface area contributed by atoms with Gasteiger partial charge in [-0.05, 0) is 81.6 Å². The van der Waals surface area contributed by atoms with Crippen molar-refractivity contribution in [2.24, 2.45) is 0 Å². The van der Waals surface area contributed by atoms with Gasteiger partial charge in [-0.2, -0.15) is 0 Å². The van der Waals surface area contributed by atoms with Crippen LogP contribution in [0.25, 0.3) is 0 Å². The van der Waals surface area contributed by atoms with Gasteiger partial charge in [0.05, 0.1) is 4.90 Å². The number of sulfonamides is 1. The zero-order chi connectivity index (χ0) is 19.8. The van der Waals surface area contributed by atoms with E-state index < -0.39 is 21.4 Å². The Morgan fingerprint density at radius 2 is 1.78 bits per heavy atom. The Bertz CT molecular complexity index is 964. The number of benzene rings is 2. The fraction of sp³-hybridized carbons (Fsp3) is 0.350. The van der Waals surface area contributed by atoms with E-state index in [1.165, 1.54) is 30.3 Å². The van der Waals surface area contributed by atoms with Crippen LogP contribution in [-0.4, -0.2) is 26.4 Å². The highest BCUT2D eigenvalue weighted by Gasteiger charge is 2.27. The lowest BCUT2D eigenvalue weighted by Gasteiger charge is -2.30. The van der Waals surface area contributed by atoms with E-state index in [0.717, 1.165) is 12.0 Å². The van der Waals surface area contributed by atoms with Gasteiger partial charge < -0.3 is 4.90 Å². The van der Waals surface area contributed by atoms with Crippen molar-refractivity contribution in [3.8, 4) is 0 Å². The summed E-state index contributed by atoms with van der Waals surface area (Å²) in [7, 11) is -3.64. The Hall–Kier alpha value is -2.25. The number of hydrogen-bond donors (Lipinski definition) is 1. The summed E-state index contributed by atoms with van der Waals surface area (Å²) in [5.41, 5.74) is 1.33. The second-order valence-electron chi connectivity index (χ2n) is 7.71. The van der Waals surface area contributed by atoms with Crippen molar-refractivity contribution in [3.05, 3.63) is 59.4 Å². The second-order valence-corrected chi connectivity index (χ2v) is 9.40. The summed E-state index contributed by atoms with van der Waals surface area (Å²) in [6.07, 6.45) is 1.43. The number of anilines is 1. The molecular weight excluding hydrogens is 367 g/mol. The van der Waals surface area contributed by atoms with Crippen LogP contribution in [-0.2, 0) is 16.4 Å². The van der Waals surface area contributed by atoms with Crippen LogP contribution in [0.4, 0.5) is 10.1 Å². The Morgan fingerprint density at radius 3 is 2.41 bits per heavy atom. The molecule has 0 saturated heterocycles. The Kier molecular flexibility index (Phi) is 5.10. The van der Waals surface area contributed by atoms with Gasteiger partial charge in [0, 0.05) is 23.3 Å². The van der Waals surface area contributed by atoms with E-state index in [9.17, 15) is 17.6 Å². The minimum atomic E-state index is -3.64. The molecule has 0 aliphatic carbocycles. The molecule has 0 aromatic heterocycles. The van der Waals surface area contributed by atoms with E-state index in [2.05, 4.69) is 4.72 Å². The fourth-order valence-electron chi connectivity index (χ4n) is 3.16. The normalized spacial score (nSPS) is 14.7. The van der Waals surface area contributed by atoms with Crippen molar-refractivity contribution in [2.45, 2.75) is 44.0 Å². The maximum absolute atomic E-state index is 13.1. The van der Waals surface area contributed by atoms with E-state index >= 15 is 0 Å². The van der Waals surface area contributed by atoms with Crippen LogP contribution in [0.5, 0.6) is 0 Å². The van der Waals surface area contributed by atoms with Gasteiger partial charge in [-0.25, -0.2) is 17.5 Å². The number of carbonyl (C=O) groups is 1. The number of nitrogens with one attached hydrogen (secondary N) is 1. The Morgan fingerprint density at radius 1 is 1.11 bits per heavy atom. The number of fused-ring (bicyclic) bond motifs is 1. The minimum Gasteiger partial charge on any atom is -0.308 e. The maximum Gasteiger partial charge on any atom is 0.258 e. The summed E-state index contributed by atoms with van der Waals surface area (Å²) in [5, 5.41) is 0. The quantitative estimate of drug-likeness (QED) is 0.872. The summed E-state index contributed by atoms with van der Waals surface area (Å²) in [5.74, 6) is -0.619. The molecule has 7 heteroatoms. The number of hydrogen-bond acceptors (Lipinski definition) is 3. The van der Waals surface area contributed by atoms with Crippen LogP contribution in [0.15, 0.2) is 47.4 Å². The van der Waals surface area contributed by atoms with E-state index in [4.69, 9.17) is 0 Å². The molecule has 144 valence electrons. The highest BCUT2D eigenvalue weighted by atomic mass is 32.2. The molecule has 1 N–H and O–H groups in total. The van der Waals surface area contributed by atoms with Crippen LogP contribution < -0.4 is 9.62 Å². The van der Waals surface area contributed by atoms with Crippen LogP contribution >= 0.6 is 0 Å². The first kappa shape index (κ1) is 19.5. The molecule has 27 heavy (non-hydrogen) atoms. The molecule has 0 saturated carbocycles. The van der Waals surface area contributed by atoms with Crippen molar-refractivity contribution < 1.29 is 17.6 Å². The predicted octanol–water partition coefficient (Wildman–Crippen LogP) is 3.50. The average molecular weight is 390 g/mol. The molecule has 2 aromatic rings. The summed E-state index contributed by atoms with van der Waals surface area (Å²) < 4.78 is 40.9. The van der Waals surface area contributed by atoms with E-state index in [1.807, 2.05) is 0 Å². The van der Waals surface area contributed by atoms with E-state index in [1.54, 1.807) is 37.8 Å². The molecule has 5 nitrogen and oxygen atoms in total. The lowest BCUT2D eigenvalue weighted by atomic mass is 10.0. The number of amides is 1. The van der Waals surface area contributed by atoms with E-state index in [0.29, 0.717) is 24.2 Å². The molecule has 1 aliphatic heterocycles. The Labute approximate surface area is 159 Å². The lowest BCUT2D eigenvalue weighted by Crippen LogP contribution is -2.40. The fourth-order valence-corrected chi connectivity index (χ4v) is 4.63. The third-order valence-electron chi connectivity index (χ3n) is 4.26. The number of carbonyl (C=O) groups excluding carboxylic acids is 1. The lowest BCUT2D eigenvalue weighted by molar-refractivity contribution is 0.0985. The number of aryl methyl sites for hydroxylation is 1. The van der Waals surface area contributed by atoms with Crippen LogP contribution in [0.1, 0.15) is 43.1 Å². The first-order valence-corrected chi connectivity index (χ1v) is 10.3. The standard InChI is InChI=1S/C20H23FN2O3S/c1-20(2,3)22-27(25,26)17-10-11-18-15(13-17)5-4-12-23(18)19(24)14-6-8-16(21)9-7-14/h6-11,13,22H,4-5,12H2,1-3H3. The van der Waals surface area contributed by atoms with Gasteiger partial charge in [0.1, 0.15) is 5.82 Å². The summed E-state index contributed by atoms with van der Waals surface area (Å²) in [6.45, 7) is 5.89. The first-order valence-electron chi connectivity index (χ1n) is 8.81. The first-order chi connectivity index (χ1) is 12.6. The molecule has 1 aliphatic rings. The molecule has 2 aromatic carbocycles. The molecule has 0 unspecified atom stereocenters. The molecule has 0 atom stereocenters. The van der Waals surface area contributed by atoms with Crippen molar-refractivity contribution in [2.75, 3.05) is 11.4 Å². The number of rotatable bonds is 3. The summed E-state index contributed by atoms with van der Waals surface area (Å²) in [4.78, 5) is 14.6. The Balaban J connectivity index is 1.93. The van der Waals surface area contributed by atoms with Gasteiger partial charge in [-0.1, -0.05) is 0 Å². The molecule has 0 bridgehead atoms. The maximum atomic E-state index is 13.1. The average Bonchev–Trinajstić information content (AvgIpc) is 2.59. The van der Waals surface area contributed by atoms with Crippen molar-refractivity contribution >= 4 is 21.6 Å². The van der Waals surface area contributed by atoms with Crippen LogP contribution in [0.2, 0.25) is 0 Å². The molecule has 3 rings (SSSR count). The highest BCUT2D eigenvalue weighted by molar-refractivity contribution is 7.89. The van der Waals surface area contributed by atoms with Gasteiger partial charge in [0.2, 0.25) is 10.0 Å². The molecule has 0 radical (unpaired) electrons. The zero-order valence-electron chi connectivity index (χ0n) is 15.6. The molecule has 0 fully saturated rings. The predicted molar refractivity (Wildman–Crippen MR) is 103 cm³/mol. The molecule has 0 spiro atoms. The largest absolute Gasteiger partial charge is 0.308 e. The van der Waals surface area contributed by atoms with Gasteiger partial charge >= 0.3 is 0 Å². The second kappa shape index (κ2) is 7.05. The van der Waals surface area contributed by atoms with Crippen molar-refractivity contribution in [1.29, 1.82) is 0 Å². The molecule has 1 amide bonds. The monoisotopic (exact) mass is 390 g/mol. The van der Waals surface area contributed by atoms with Gasteiger partial charge in [-0.3, -0.25) is 4.79 Å². The van der Waals surface area contributed by atoms with Crippen molar-refractivity contribution in [1.82, 2.24) is 4.72 Å². The summed E-state index contributed by atoms with van der Waals surface area (Å²) in [6, 6.07) is 10.2. The number of halogens is 1. The van der Waals surface area contributed by atoms with Gasteiger partial charge in [0.25, 0.3) is 5.91 Å². The van der Waals surface area contributed by atoms with Crippen LogP contribution in [0, 0.1) is 5.82 Å². The zero-order valence-corrected chi connectivity index (χ0v) is 16.4. The third-order valence-corrected chi connectivity index (χ3v) is 6.01. The van der Waals surface area contributed by atoms with Gasteiger partial charge in [0.15, 0.2) is 0 Å². The van der Waals surface area contributed by atoms with Gasteiger partial charge in [-0.15, -0.1) is 0 Å². The van der Waals surface area contributed by atoms with Crippen LogP contribution in [0.3, 0.4) is 0 Å². The summed E-state index contributed by atoms with van der Waals surface area (Å²) >= 11 is 0.